The smallest absolute Gasteiger partial charge is 0.251 e. The van der Waals surface area contributed by atoms with Crippen molar-refractivity contribution in [2.45, 2.75) is 39.2 Å². The maximum Gasteiger partial charge on any atom is 0.251 e. The average molecular weight is 448 g/mol. The van der Waals surface area contributed by atoms with Gasteiger partial charge in [0, 0.05) is 35.5 Å². The highest BCUT2D eigenvalue weighted by molar-refractivity contribution is 5.67. The lowest BCUT2D eigenvalue weighted by molar-refractivity contribution is 0.433. The highest BCUT2D eigenvalue weighted by atomic mass is 19.1. The van der Waals surface area contributed by atoms with Gasteiger partial charge in [0.1, 0.15) is 17.2 Å². The van der Waals surface area contributed by atoms with E-state index in [-0.39, 0.29) is 17.3 Å². The van der Waals surface area contributed by atoms with E-state index in [0.29, 0.717) is 35.0 Å². The molecule has 3 heterocycles. The summed E-state index contributed by atoms with van der Waals surface area (Å²) in [6.45, 7) is 4.71. The molecule has 0 aliphatic rings. The molecule has 0 atom stereocenters. The molecule has 3 aromatic heterocycles. The number of rotatable bonds is 8. The molecule has 0 spiro atoms. The van der Waals surface area contributed by atoms with Crippen molar-refractivity contribution in [1.29, 1.82) is 0 Å². The normalized spacial score (nSPS) is 11.3. The molecule has 4 rings (SSSR count). The highest BCUT2D eigenvalue weighted by Gasteiger charge is 2.16. The SMILES string of the molecule is CCC(CC)c1cc(-c2cncc(-c3cc(-c4ccc(CNC)cc4F)no3)n2)c[nH]c1=O. The van der Waals surface area contributed by atoms with Gasteiger partial charge in [0.05, 0.1) is 18.1 Å². The zero-order valence-electron chi connectivity index (χ0n) is 18.9. The molecule has 0 saturated heterocycles. The topological polar surface area (TPSA) is 96.7 Å². The van der Waals surface area contributed by atoms with E-state index in [1.54, 1.807) is 30.7 Å². The fourth-order valence-corrected chi connectivity index (χ4v) is 3.91. The first-order valence-electron chi connectivity index (χ1n) is 11.0. The predicted octanol–water partition coefficient (Wildman–Crippen LogP) is 4.92. The summed E-state index contributed by atoms with van der Waals surface area (Å²) >= 11 is 0. The van der Waals surface area contributed by atoms with Gasteiger partial charge in [-0.2, -0.15) is 0 Å². The lowest BCUT2D eigenvalue weighted by Gasteiger charge is -2.12. The van der Waals surface area contributed by atoms with Crippen LogP contribution in [0.5, 0.6) is 0 Å². The molecule has 0 unspecified atom stereocenters. The molecule has 0 aliphatic heterocycles. The molecule has 7 nitrogen and oxygen atoms in total. The molecule has 0 amide bonds. The molecule has 0 saturated carbocycles. The maximum absolute atomic E-state index is 14.6. The van der Waals surface area contributed by atoms with Gasteiger partial charge in [-0.1, -0.05) is 25.1 Å². The summed E-state index contributed by atoms with van der Waals surface area (Å²) in [7, 11) is 1.81. The summed E-state index contributed by atoms with van der Waals surface area (Å²) in [5.74, 6) is 0.184. The van der Waals surface area contributed by atoms with Gasteiger partial charge < -0.3 is 14.8 Å². The van der Waals surface area contributed by atoms with Gasteiger partial charge in [-0.05, 0) is 49.6 Å². The summed E-state index contributed by atoms with van der Waals surface area (Å²) in [6, 6.07) is 8.53. The molecular weight excluding hydrogens is 421 g/mol. The number of nitrogens with zero attached hydrogens (tertiary/aromatic N) is 3. The van der Waals surface area contributed by atoms with Gasteiger partial charge in [0.15, 0.2) is 5.76 Å². The lowest BCUT2D eigenvalue weighted by atomic mass is 9.94. The Balaban J connectivity index is 1.66. The third-order valence-corrected chi connectivity index (χ3v) is 5.74. The van der Waals surface area contributed by atoms with Crippen molar-refractivity contribution in [3.63, 3.8) is 0 Å². The van der Waals surface area contributed by atoms with E-state index in [2.05, 4.69) is 39.3 Å². The summed E-state index contributed by atoms with van der Waals surface area (Å²) in [5, 5.41) is 7.03. The number of H-pyrrole nitrogens is 1. The number of halogens is 1. The zero-order chi connectivity index (χ0) is 23.4. The molecule has 170 valence electrons. The maximum atomic E-state index is 14.6. The molecule has 0 bridgehead atoms. The standard InChI is InChI=1S/C25H26FN5O2/c1-4-16(5-2)19-9-17(12-29-25(19)32)22-13-28-14-23(30-22)24-10-21(31-33-24)18-7-6-15(11-27-3)8-20(18)26/h6-10,12-14,16,27H,4-5,11H2,1-3H3,(H,29,32). The number of hydrogen-bond donors (Lipinski definition) is 2. The van der Waals surface area contributed by atoms with E-state index in [1.165, 1.54) is 6.07 Å². The first-order chi connectivity index (χ1) is 16.0. The van der Waals surface area contributed by atoms with Gasteiger partial charge in [0.25, 0.3) is 5.56 Å². The largest absolute Gasteiger partial charge is 0.354 e. The minimum Gasteiger partial charge on any atom is -0.354 e. The molecular formula is C25H26FN5O2. The molecule has 4 aromatic rings. The van der Waals surface area contributed by atoms with Crippen LogP contribution in [-0.4, -0.2) is 27.2 Å². The van der Waals surface area contributed by atoms with E-state index < -0.39 is 0 Å². The van der Waals surface area contributed by atoms with Crippen molar-refractivity contribution >= 4 is 0 Å². The van der Waals surface area contributed by atoms with Crippen LogP contribution in [0.3, 0.4) is 0 Å². The Labute approximate surface area is 191 Å². The van der Waals surface area contributed by atoms with E-state index in [0.717, 1.165) is 29.5 Å². The number of benzene rings is 1. The predicted molar refractivity (Wildman–Crippen MR) is 125 cm³/mol. The second-order valence-corrected chi connectivity index (χ2v) is 7.90. The number of pyridine rings is 1. The fraction of sp³-hybridized carbons (Fsp3) is 0.280. The Bertz CT molecular complexity index is 1310. The summed E-state index contributed by atoms with van der Waals surface area (Å²) in [5.41, 5.74) is 4.05. The number of hydrogen-bond acceptors (Lipinski definition) is 6. The van der Waals surface area contributed by atoms with E-state index in [4.69, 9.17) is 4.52 Å². The molecule has 0 aliphatic carbocycles. The third kappa shape index (κ3) is 4.75. The van der Waals surface area contributed by atoms with Gasteiger partial charge >= 0.3 is 0 Å². The zero-order valence-corrected chi connectivity index (χ0v) is 18.9. The van der Waals surface area contributed by atoms with Crippen LogP contribution in [0.1, 0.15) is 43.7 Å². The van der Waals surface area contributed by atoms with E-state index in [9.17, 15) is 9.18 Å². The minimum atomic E-state index is -0.371. The fourth-order valence-electron chi connectivity index (χ4n) is 3.91. The van der Waals surface area contributed by atoms with Gasteiger partial charge in [-0.25, -0.2) is 9.37 Å². The van der Waals surface area contributed by atoms with Crippen molar-refractivity contribution in [2.24, 2.45) is 0 Å². The van der Waals surface area contributed by atoms with Crippen LogP contribution < -0.4 is 10.9 Å². The Kier molecular flexibility index (Phi) is 6.74. The van der Waals surface area contributed by atoms with Crippen LogP contribution in [0.15, 0.2) is 58.2 Å². The Hall–Kier alpha value is -3.65. The number of aromatic nitrogens is 4. The summed E-state index contributed by atoms with van der Waals surface area (Å²) in [6.07, 6.45) is 6.58. The van der Waals surface area contributed by atoms with Crippen LogP contribution in [0, 0.1) is 5.82 Å². The van der Waals surface area contributed by atoms with Crippen LogP contribution in [0.2, 0.25) is 0 Å². The Morgan fingerprint density at radius 2 is 1.88 bits per heavy atom. The van der Waals surface area contributed by atoms with Crippen molar-refractivity contribution in [3.05, 3.63) is 76.2 Å². The minimum absolute atomic E-state index is 0.0841. The second kappa shape index (κ2) is 9.87. The first kappa shape index (κ1) is 22.5. The highest BCUT2D eigenvalue weighted by Crippen LogP contribution is 2.29. The second-order valence-electron chi connectivity index (χ2n) is 7.90. The third-order valence-electron chi connectivity index (χ3n) is 5.74. The van der Waals surface area contributed by atoms with Crippen LogP contribution in [0.4, 0.5) is 4.39 Å². The molecule has 2 N–H and O–H groups in total. The molecule has 0 fully saturated rings. The average Bonchev–Trinajstić information content (AvgIpc) is 3.31. The molecule has 0 radical (unpaired) electrons. The van der Waals surface area contributed by atoms with Crippen molar-refractivity contribution in [1.82, 2.24) is 25.4 Å². The lowest BCUT2D eigenvalue weighted by Crippen LogP contribution is -2.15. The van der Waals surface area contributed by atoms with Gasteiger partial charge in [-0.15, -0.1) is 0 Å². The molecule has 33 heavy (non-hydrogen) atoms. The van der Waals surface area contributed by atoms with Crippen molar-refractivity contribution in [3.8, 4) is 34.0 Å². The molecule has 8 heteroatoms. The van der Waals surface area contributed by atoms with Crippen LogP contribution in [0.25, 0.3) is 34.0 Å². The van der Waals surface area contributed by atoms with Gasteiger partial charge in [0.2, 0.25) is 0 Å². The number of nitrogens with one attached hydrogen (secondary N) is 2. The van der Waals surface area contributed by atoms with Crippen LogP contribution >= 0.6 is 0 Å². The molecule has 1 aromatic carbocycles. The van der Waals surface area contributed by atoms with Crippen molar-refractivity contribution in [2.75, 3.05) is 7.05 Å². The first-order valence-corrected chi connectivity index (χ1v) is 11.0. The van der Waals surface area contributed by atoms with Gasteiger partial charge in [-0.3, -0.25) is 9.78 Å². The van der Waals surface area contributed by atoms with Crippen molar-refractivity contribution < 1.29 is 8.91 Å². The van der Waals surface area contributed by atoms with E-state index in [1.807, 2.05) is 19.2 Å². The Morgan fingerprint density at radius 3 is 2.61 bits per heavy atom. The van der Waals surface area contributed by atoms with E-state index >= 15 is 0 Å². The van der Waals surface area contributed by atoms with Crippen LogP contribution in [-0.2, 0) is 6.54 Å². The quantitative estimate of drug-likeness (QED) is 0.398. The number of aromatic amines is 1. The Morgan fingerprint density at radius 1 is 1.09 bits per heavy atom. The summed E-state index contributed by atoms with van der Waals surface area (Å²) in [4.78, 5) is 24.1. The monoisotopic (exact) mass is 447 g/mol. The summed E-state index contributed by atoms with van der Waals surface area (Å²) < 4.78 is 20.0.